The Kier molecular flexibility index (Phi) is 3.93. The van der Waals surface area contributed by atoms with Crippen LogP contribution in [-0.2, 0) is 10.2 Å². The average Bonchev–Trinajstić information content (AvgIpc) is 2.54. The molecule has 80 valence electrons. The van der Waals surface area contributed by atoms with E-state index in [1.807, 2.05) is 0 Å². The van der Waals surface area contributed by atoms with Crippen molar-refractivity contribution in [2.45, 2.75) is 32.2 Å². The first-order chi connectivity index (χ1) is 6.56. The summed E-state index contributed by atoms with van der Waals surface area (Å²) in [5.41, 5.74) is 0. The van der Waals surface area contributed by atoms with Crippen LogP contribution in [0.4, 0.5) is 0 Å². The molecule has 0 saturated carbocycles. The van der Waals surface area contributed by atoms with Crippen molar-refractivity contribution in [1.29, 1.82) is 0 Å². The molecule has 1 aliphatic heterocycles. The highest BCUT2D eigenvalue weighted by Crippen LogP contribution is 2.11. The van der Waals surface area contributed by atoms with Crippen LogP contribution in [0.3, 0.4) is 0 Å². The van der Waals surface area contributed by atoms with Crippen LogP contribution in [-0.4, -0.2) is 31.9 Å². The van der Waals surface area contributed by atoms with E-state index < -0.39 is 10.2 Å². The molecule has 0 bridgehead atoms. The van der Waals surface area contributed by atoms with Crippen molar-refractivity contribution in [3.8, 4) is 12.3 Å². The van der Waals surface area contributed by atoms with Gasteiger partial charge in [0, 0.05) is 25.6 Å². The summed E-state index contributed by atoms with van der Waals surface area (Å²) < 4.78 is 27.4. The minimum atomic E-state index is -3.29. The Morgan fingerprint density at radius 3 is 2.57 bits per heavy atom. The van der Waals surface area contributed by atoms with E-state index in [1.165, 1.54) is 4.31 Å². The van der Waals surface area contributed by atoms with Gasteiger partial charge in [0.1, 0.15) is 0 Å². The van der Waals surface area contributed by atoms with Gasteiger partial charge in [-0.05, 0) is 19.8 Å². The molecule has 0 aromatic carbocycles. The molecule has 0 radical (unpaired) electrons. The van der Waals surface area contributed by atoms with Crippen molar-refractivity contribution < 1.29 is 8.42 Å². The largest absolute Gasteiger partial charge is 0.279 e. The summed E-state index contributed by atoms with van der Waals surface area (Å²) in [6, 6.07) is -0.189. The molecule has 1 saturated heterocycles. The third kappa shape index (κ3) is 2.98. The first-order valence-electron chi connectivity index (χ1n) is 4.77. The SMILES string of the molecule is C#CCC(C)NS(=O)(=O)N1CCCC1. The highest BCUT2D eigenvalue weighted by Gasteiger charge is 2.25. The fourth-order valence-corrected chi connectivity index (χ4v) is 2.96. The zero-order valence-electron chi connectivity index (χ0n) is 8.36. The molecule has 1 atom stereocenters. The highest BCUT2D eigenvalue weighted by atomic mass is 32.2. The molecule has 1 rings (SSSR count). The molecule has 1 heterocycles. The van der Waals surface area contributed by atoms with E-state index in [2.05, 4.69) is 10.6 Å². The van der Waals surface area contributed by atoms with E-state index >= 15 is 0 Å². The monoisotopic (exact) mass is 216 g/mol. The van der Waals surface area contributed by atoms with Gasteiger partial charge in [0.2, 0.25) is 0 Å². The molecule has 14 heavy (non-hydrogen) atoms. The Balaban J connectivity index is 2.53. The first-order valence-corrected chi connectivity index (χ1v) is 6.21. The Bertz CT molecular complexity index is 312. The van der Waals surface area contributed by atoms with Crippen molar-refractivity contribution in [3.05, 3.63) is 0 Å². The molecule has 5 heteroatoms. The van der Waals surface area contributed by atoms with Crippen LogP contribution < -0.4 is 4.72 Å². The molecule has 1 unspecified atom stereocenters. The fraction of sp³-hybridized carbons (Fsp3) is 0.778. The number of terminal acetylenes is 1. The number of rotatable bonds is 4. The molecule has 4 nitrogen and oxygen atoms in total. The van der Waals surface area contributed by atoms with Gasteiger partial charge in [0.05, 0.1) is 0 Å². The summed E-state index contributed by atoms with van der Waals surface area (Å²) in [6.07, 6.45) is 7.42. The van der Waals surface area contributed by atoms with Crippen molar-refractivity contribution in [1.82, 2.24) is 9.03 Å². The highest BCUT2D eigenvalue weighted by molar-refractivity contribution is 7.87. The third-order valence-electron chi connectivity index (χ3n) is 2.18. The minimum absolute atomic E-state index is 0.189. The topological polar surface area (TPSA) is 49.4 Å². The standard InChI is InChI=1S/C9H16N2O2S/c1-3-6-9(2)10-14(12,13)11-7-4-5-8-11/h1,9-10H,4-8H2,2H3. The second kappa shape index (κ2) is 4.78. The second-order valence-electron chi connectivity index (χ2n) is 3.54. The maximum Gasteiger partial charge on any atom is 0.279 e. The summed E-state index contributed by atoms with van der Waals surface area (Å²) in [6.45, 7) is 3.02. The molecule has 1 fully saturated rings. The smallest absolute Gasteiger partial charge is 0.198 e. The Morgan fingerprint density at radius 2 is 2.07 bits per heavy atom. The summed E-state index contributed by atoms with van der Waals surface area (Å²) in [7, 11) is -3.29. The van der Waals surface area contributed by atoms with Crippen LogP contribution >= 0.6 is 0 Å². The summed E-state index contributed by atoms with van der Waals surface area (Å²) >= 11 is 0. The first kappa shape index (κ1) is 11.5. The Labute approximate surface area is 85.9 Å². The Morgan fingerprint density at radius 1 is 1.50 bits per heavy atom. The lowest BCUT2D eigenvalue weighted by Crippen LogP contribution is -2.42. The summed E-state index contributed by atoms with van der Waals surface area (Å²) in [5.74, 6) is 2.44. The molecule has 0 spiro atoms. The van der Waals surface area contributed by atoms with Crippen LogP contribution in [0.2, 0.25) is 0 Å². The second-order valence-corrected chi connectivity index (χ2v) is 5.24. The van der Waals surface area contributed by atoms with E-state index in [4.69, 9.17) is 6.42 Å². The van der Waals surface area contributed by atoms with Crippen LogP contribution in [0.25, 0.3) is 0 Å². The van der Waals surface area contributed by atoms with E-state index in [0.29, 0.717) is 19.5 Å². The van der Waals surface area contributed by atoms with Gasteiger partial charge in [0.25, 0.3) is 10.2 Å². The van der Waals surface area contributed by atoms with Crippen molar-refractivity contribution in [3.63, 3.8) is 0 Å². The van der Waals surface area contributed by atoms with E-state index in [1.54, 1.807) is 6.92 Å². The number of hydrogen-bond acceptors (Lipinski definition) is 2. The van der Waals surface area contributed by atoms with Gasteiger partial charge in [-0.3, -0.25) is 0 Å². The van der Waals surface area contributed by atoms with E-state index in [0.717, 1.165) is 12.8 Å². The van der Waals surface area contributed by atoms with Crippen molar-refractivity contribution >= 4 is 10.2 Å². The van der Waals surface area contributed by atoms with Crippen LogP contribution in [0.5, 0.6) is 0 Å². The molecule has 0 aromatic heterocycles. The van der Waals surface area contributed by atoms with Crippen LogP contribution in [0.1, 0.15) is 26.2 Å². The Hall–Kier alpha value is -0.570. The lowest BCUT2D eigenvalue weighted by Gasteiger charge is -2.18. The van der Waals surface area contributed by atoms with Gasteiger partial charge in [0.15, 0.2) is 0 Å². The number of nitrogens with zero attached hydrogens (tertiary/aromatic N) is 1. The third-order valence-corrected chi connectivity index (χ3v) is 3.92. The van der Waals surface area contributed by atoms with Gasteiger partial charge in [-0.1, -0.05) is 0 Å². The predicted molar refractivity (Wildman–Crippen MR) is 55.8 cm³/mol. The van der Waals surface area contributed by atoms with Gasteiger partial charge in [-0.25, -0.2) is 0 Å². The lowest BCUT2D eigenvalue weighted by molar-refractivity contribution is 0.456. The zero-order valence-corrected chi connectivity index (χ0v) is 9.18. The minimum Gasteiger partial charge on any atom is -0.198 e. The molecule has 1 aliphatic rings. The van der Waals surface area contributed by atoms with E-state index in [-0.39, 0.29) is 6.04 Å². The van der Waals surface area contributed by atoms with Crippen LogP contribution in [0, 0.1) is 12.3 Å². The van der Waals surface area contributed by atoms with E-state index in [9.17, 15) is 8.42 Å². The molecule has 0 aromatic rings. The summed E-state index contributed by atoms with van der Waals surface area (Å²) in [5, 5.41) is 0. The molecule has 0 amide bonds. The quantitative estimate of drug-likeness (QED) is 0.688. The van der Waals surface area contributed by atoms with Crippen molar-refractivity contribution in [2.75, 3.05) is 13.1 Å². The van der Waals surface area contributed by atoms with Crippen LogP contribution in [0.15, 0.2) is 0 Å². The predicted octanol–water partition coefficient (Wildman–Crippen LogP) is 0.328. The van der Waals surface area contributed by atoms with Gasteiger partial charge in [-0.2, -0.15) is 17.4 Å². The normalized spacial score (nSPS) is 20.6. The summed E-state index contributed by atoms with van der Waals surface area (Å²) in [4.78, 5) is 0. The number of nitrogens with one attached hydrogen (secondary N) is 1. The molecular formula is C9H16N2O2S. The maximum absolute atomic E-state index is 11.7. The lowest BCUT2D eigenvalue weighted by atomic mass is 10.3. The molecular weight excluding hydrogens is 200 g/mol. The maximum atomic E-state index is 11.7. The zero-order chi connectivity index (χ0) is 10.6. The average molecular weight is 216 g/mol. The fourth-order valence-electron chi connectivity index (χ4n) is 1.48. The van der Waals surface area contributed by atoms with Crippen molar-refractivity contribution in [2.24, 2.45) is 0 Å². The molecule has 1 N–H and O–H groups in total. The van der Waals surface area contributed by atoms with Gasteiger partial charge >= 0.3 is 0 Å². The number of hydrogen-bond donors (Lipinski definition) is 1. The van der Waals surface area contributed by atoms with Gasteiger partial charge in [-0.15, -0.1) is 12.3 Å². The molecule has 0 aliphatic carbocycles. The van der Waals surface area contributed by atoms with Gasteiger partial charge < -0.3 is 0 Å².